The molecule has 1 aromatic carbocycles. The van der Waals surface area contributed by atoms with E-state index in [0.717, 1.165) is 25.9 Å². The fraction of sp³-hybridized carbons (Fsp3) is 0.533. The van der Waals surface area contributed by atoms with E-state index in [1.54, 1.807) is 12.1 Å². The third-order valence-corrected chi connectivity index (χ3v) is 4.70. The molecule has 1 atom stereocenters. The maximum atomic E-state index is 12.3. The second-order valence-corrected chi connectivity index (χ2v) is 7.54. The van der Waals surface area contributed by atoms with E-state index in [1.165, 1.54) is 12.1 Å². The molecular formula is C15H22N2O4S. The number of benzene rings is 1. The number of morpholine rings is 1. The summed E-state index contributed by atoms with van der Waals surface area (Å²) in [5.41, 5.74) is 0.193. The first kappa shape index (κ1) is 16.9. The number of carbonyl (C=O) groups excluding carboxylic acids is 1. The Balaban J connectivity index is 2.03. The van der Waals surface area contributed by atoms with E-state index in [1.807, 2.05) is 6.92 Å². The number of sulfone groups is 1. The Morgan fingerprint density at radius 2 is 1.95 bits per heavy atom. The molecular weight excluding hydrogens is 304 g/mol. The van der Waals surface area contributed by atoms with Gasteiger partial charge in [-0.05, 0) is 19.1 Å². The van der Waals surface area contributed by atoms with Crippen molar-refractivity contribution in [1.29, 1.82) is 0 Å². The summed E-state index contributed by atoms with van der Waals surface area (Å²) < 4.78 is 28.8. The Kier molecular flexibility index (Phi) is 5.55. The zero-order chi connectivity index (χ0) is 16.2. The molecule has 1 heterocycles. The fourth-order valence-electron chi connectivity index (χ4n) is 2.50. The zero-order valence-electron chi connectivity index (χ0n) is 12.9. The molecule has 122 valence electrons. The summed E-state index contributed by atoms with van der Waals surface area (Å²) in [4.78, 5) is 14.6. The van der Waals surface area contributed by atoms with E-state index >= 15 is 0 Å². The van der Waals surface area contributed by atoms with Gasteiger partial charge < -0.3 is 10.1 Å². The van der Waals surface area contributed by atoms with Crippen molar-refractivity contribution >= 4 is 15.7 Å². The van der Waals surface area contributed by atoms with Gasteiger partial charge in [0.1, 0.15) is 0 Å². The third kappa shape index (κ3) is 4.53. The quantitative estimate of drug-likeness (QED) is 0.855. The van der Waals surface area contributed by atoms with Gasteiger partial charge in [-0.1, -0.05) is 12.1 Å². The normalized spacial score (nSPS) is 17.9. The molecule has 1 saturated heterocycles. The fourth-order valence-corrected chi connectivity index (χ4v) is 3.38. The number of ether oxygens (including phenoxy) is 1. The SMILES string of the molecule is CC(CN1CCOCC1)NC(=O)c1ccccc1S(C)(=O)=O. The minimum absolute atomic E-state index is 0.0612. The molecule has 1 unspecified atom stereocenters. The average molecular weight is 326 g/mol. The van der Waals surface area contributed by atoms with Crippen LogP contribution in [0.15, 0.2) is 29.2 Å². The van der Waals surface area contributed by atoms with E-state index in [2.05, 4.69) is 10.2 Å². The topological polar surface area (TPSA) is 75.7 Å². The molecule has 6 nitrogen and oxygen atoms in total. The predicted octanol–water partition coefficient (Wildman–Crippen LogP) is 0.541. The van der Waals surface area contributed by atoms with Crippen molar-refractivity contribution in [1.82, 2.24) is 10.2 Å². The molecule has 7 heteroatoms. The van der Waals surface area contributed by atoms with Gasteiger partial charge in [0.2, 0.25) is 0 Å². The first-order valence-corrected chi connectivity index (χ1v) is 9.17. The summed E-state index contributed by atoms with van der Waals surface area (Å²) in [5, 5.41) is 2.87. The number of rotatable bonds is 5. The van der Waals surface area contributed by atoms with Gasteiger partial charge in [0.05, 0.1) is 23.7 Å². The summed E-state index contributed by atoms with van der Waals surface area (Å²) in [6, 6.07) is 6.20. The molecule has 1 aliphatic rings. The predicted molar refractivity (Wildman–Crippen MR) is 83.7 cm³/mol. The Hall–Kier alpha value is -1.44. The molecule has 1 fully saturated rings. The van der Waals surface area contributed by atoms with Crippen molar-refractivity contribution in [2.75, 3.05) is 39.1 Å². The first-order valence-electron chi connectivity index (χ1n) is 7.28. The highest BCUT2D eigenvalue weighted by molar-refractivity contribution is 7.90. The van der Waals surface area contributed by atoms with Gasteiger partial charge >= 0.3 is 0 Å². The molecule has 22 heavy (non-hydrogen) atoms. The highest BCUT2D eigenvalue weighted by atomic mass is 32.2. The van der Waals surface area contributed by atoms with Gasteiger partial charge in [0, 0.05) is 31.9 Å². The molecule has 1 N–H and O–H groups in total. The van der Waals surface area contributed by atoms with Crippen LogP contribution in [0.2, 0.25) is 0 Å². The molecule has 2 rings (SSSR count). The number of carbonyl (C=O) groups is 1. The molecule has 0 saturated carbocycles. The summed E-state index contributed by atoms with van der Waals surface area (Å²) in [6.07, 6.45) is 1.11. The number of nitrogens with zero attached hydrogens (tertiary/aromatic N) is 1. The van der Waals surface area contributed by atoms with Crippen molar-refractivity contribution < 1.29 is 17.9 Å². The second kappa shape index (κ2) is 7.21. The molecule has 0 aliphatic carbocycles. The van der Waals surface area contributed by atoms with E-state index in [0.29, 0.717) is 13.2 Å². The van der Waals surface area contributed by atoms with Crippen LogP contribution in [0, 0.1) is 0 Å². The number of nitrogens with one attached hydrogen (secondary N) is 1. The first-order chi connectivity index (χ1) is 10.4. The highest BCUT2D eigenvalue weighted by Gasteiger charge is 2.20. The van der Waals surface area contributed by atoms with E-state index in [9.17, 15) is 13.2 Å². The number of hydrogen-bond acceptors (Lipinski definition) is 5. The summed E-state index contributed by atoms with van der Waals surface area (Å²) in [7, 11) is -3.43. The van der Waals surface area contributed by atoms with Crippen LogP contribution < -0.4 is 5.32 Å². The van der Waals surface area contributed by atoms with Gasteiger partial charge in [0.25, 0.3) is 5.91 Å². The van der Waals surface area contributed by atoms with Crippen molar-refractivity contribution in [2.24, 2.45) is 0 Å². The maximum Gasteiger partial charge on any atom is 0.252 e. The van der Waals surface area contributed by atoms with Crippen LogP contribution >= 0.6 is 0 Å². The lowest BCUT2D eigenvalue weighted by Gasteiger charge is -2.29. The summed E-state index contributed by atoms with van der Waals surface area (Å²) >= 11 is 0. The molecule has 0 bridgehead atoms. The van der Waals surface area contributed by atoms with Gasteiger partial charge in [-0.2, -0.15) is 0 Å². The molecule has 1 aromatic rings. The average Bonchev–Trinajstić information content (AvgIpc) is 2.47. The minimum Gasteiger partial charge on any atom is -0.379 e. The summed E-state index contributed by atoms with van der Waals surface area (Å²) in [5.74, 6) is -0.359. The lowest BCUT2D eigenvalue weighted by atomic mass is 10.2. The van der Waals surface area contributed by atoms with Crippen LogP contribution in [0.25, 0.3) is 0 Å². The molecule has 0 radical (unpaired) electrons. The lowest BCUT2D eigenvalue weighted by molar-refractivity contribution is 0.0342. The molecule has 0 spiro atoms. The van der Waals surface area contributed by atoms with Crippen LogP contribution in [0.4, 0.5) is 0 Å². The maximum absolute atomic E-state index is 12.3. The van der Waals surface area contributed by atoms with Gasteiger partial charge in [-0.25, -0.2) is 8.42 Å². The minimum atomic E-state index is -3.43. The van der Waals surface area contributed by atoms with Crippen LogP contribution in [-0.4, -0.2) is 64.4 Å². The number of hydrogen-bond donors (Lipinski definition) is 1. The molecule has 1 amide bonds. The standard InChI is InChI=1S/C15H22N2O4S/c1-12(11-17-7-9-21-10-8-17)16-15(18)13-5-3-4-6-14(13)22(2,19)20/h3-6,12H,7-11H2,1-2H3,(H,16,18). The Labute approximate surface area is 131 Å². The number of amides is 1. The monoisotopic (exact) mass is 326 g/mol. The van der Waals surface area contributed by atoms with Crippen LogP contribution in [0.1, 0.15) is 17.3 Å². The van der Waals surface area contributed by atoms with Gasteiger partial charge in [0.15, 0.2) is 9.84 Å². The zero-order valence-corrected chi connectivity index (χ0v) is 13.7. The van der Waals surface area contributed by atoms with E-state index < -0.39 is 9.84 Å². The van der Waals surface area contributed by atoms with Crippen LogP contribution in [-0.2, 0) is 14.6 Å². The van der Waals surface area contributed by atoms with Crippen molar-refractivity contribution in [3.05, 3.63) is 29.8 Å². The Morgan fingerprint density at radius 3 is 2.59 bits per heavy atom. The molecule has 0 aromatic heterocycles. The van der Waals surface area contributed by atoms with Crippen molar-refractivity contribution in [2.45, 2.75) is 17.9 Å². The highest BCUT2D eigenvalue weighted by Crippen LogP contribution is 2.15. The summed E-state index contributed by atoms with van der Waals surface area (Å²) in [6.45, 7) is 5.74. The smallest absolute Gasteiger partial charge is 0.252 e. The van der Waals surface area contributed by atoms with Crippen LogP contribution in [0.5, 0.6) is 0 Å². The van der Waals surface area contributed by atoms with Crippen molar-refractivity contribution in [3.63, 3.8) is 0 Å². The van der Waals surface area contributed by atoms with Gasteiger partial charge in [-0.3, -0.25) is 9.69 Å². The Morgan fingerprint density at radius 1 is 1.32 bits per heavy atom. The largest absolute Gasteiger partial charge is 0.379 e. The van der Waals surface area contributed by atoms with E-state index in [4.69, 9.17) is 4.74 Å². The van der Waals surface area contributed by atoms with E-state index in [-0.39, 0.29) is 22.4 Å². The van der Waals surface area contributed by atoms with Crippen molar-refractivity contribution in [3.8, 4) is 0 Å². The lowest BCUT2D eigenvalue weighted by Crippen LogP contribution is -2.46. The van der Waals surface area contributed by atoms with Crippen LogP contribution in [0.3, 0.4) is 0 Å². The Bertz CT molecular complexity index is 624. The molecule has 1 aliphatic heterocycles. The van der Waals surface area contributed by atoms with Gasteiger partial charge in [-0.15, -0.1) is 0 Å². The third-order valence-electron chi connectivity index (χ3n) is 3.54. The second-order valence-electron chi connectivity index (χ2n) is 5.56.